The van der Waals surface area contributed by atoms with Crippen LogP contribution in [0.15, 0.2) is 24.3 Å². The van der Waals surface area contributed by atoms with Gasteiger partial charge in [-0.1, -0.05) is 18.2 Å². The average Bonchev–Trinajstić information content (AvgIpc) is 2.25. The van der Waals surface area contributed by atoms with Gasteiger partial charge in [0.2, 0.25) is 0 Å². The molecule has 1 unspecified atom stereocenters. The van der Waals surface area contributed by atoms with Crippen molar-refractivity contribution in [3.05, 3.63) is 29.8 Å². The molecule has 0 bridgehead atoms. The Morgan fingerprint density at radius 3 is 2.67 bits per heavy atom. The van der Waals surface area contributed by atoms with Crippen LogP contribution in [-0.2, 0) is 4.74 Å². The molecule has 1 N–H and O–H groups in total. The summed E-state index contributed by atoms with van der Waals surface area (Å²) in [5, 5.41) is 9.70. The number of para-hydroxylation sites is 1. The minimum Gasteiger partial charge on any atom is -0.508 e. The lowest BCUT2D eigenvalue weighted by molar-refractivity contribution is 0.142. The second-order valence-electron chi connectivity index (χ2n) is 3.71. The van der Waals surface area contributed by atoms with Crippen molar-refractivity contribution in [1.82, 2.24) is 4.90 Å². The normalized spacial score (nSPS) is 13.1. The molecular formula is C12H19NO2. The highest BCUT2D eigenvalue weighted by Crippen LogP contribution is 2.26. The Bertz CT molecular complexity index is 301. The van der Waals surface area contributed by atoms with E-state index in [-0.39, 0.29) is 6.04 Å². The number of phenolic OH excluding ortho intramolecular Hbond substituents is 1. The standard InChI is InChI=1S/C12H19NO2/c1-10(13(2)8-9-15-3)11-6-4-5-7-12(11)14/h4-7,10,14H,8-9H2,1-3H3. The molecule has 0 spiro atoms. The van der Waals surface area contributed by atoms with Gasteiger partial charge in [-0.25, -0.2) is 0 Å². The van der Waals surface area contributed by atoms with Crippen LogP contribution in [-0.4, -0.2) is 37.3 Å². The molecule has 0 aromatic heterocycles. The van der Waals surface area contributed by atoms with Crippen molar-refractivity contribution < 1.29 is 9.84 Å². The number of methoxy groups -OCH3 is 1. The summed E-state index contributed by atoms with van der Waals surface area (Å²) < 4.78 is 5.02. The van der Waals surface area contributed by atoms with E-state index in [1.165, 1.54) is 0 Å². The van der Waals surface area contributed by atoms with E-state index >= 15 is 0 Å². The maximum Gasteiger partial charge on any atom is 0.120 e. The zero-order valence-corrected chi connectivity index (χ0v) is 9.60. The maximum absolute atomic E-state index is 9.70. The zero-order valence-electron chi connectivity index (χ0n) is 9.60. The summed E-state index contributed by atoms with van der Waals surface area (Å²) in [7, 11) is 3.72. The molecule has 3 heteroatoms. The Balaban J connectivity index is 2.67. The lowest BCUT2D eigenvalue weighted by Gasteiger charge is -2.25. The third-order valence-electron chi connectivity index (χ3n) is 2.70. The number of benzene rings is 1. The van der Waals surface area contributed by atoms with Gasteiger partial charge in [-0.2, -0.15) is 0 Å². The first-order valence-corrected chi connectivity index (χ1v) is 5.14. The van der Waals surface area contributed by atoms with Gasteiger partial charge in [-0.3, -0.25) is 4.90 Å². The summed E-state index contributed by atoms with van der Waals surface area (Å²) in [5.41, 5.74) is 0.955. The number of phenols is 1. The van der Waals surface area contributed by atoms with Crippen LogP contribution in [0.25, 0.3) is 0 Å². The Hall–Kier alpha value is -1.06. The van der Waals surface area contributed by atoms with Crippen molar-refractivity contribution in [2.45, 2.75) is 13.0 Å². The van der Waals surface area contributed by atoms with Crippen molar-refractivity contribution in [2.75, 3.05) is 27.3 Å². The Kier molecular flexibility index (Phi) is 4.59. The number of ether oxygens (including phenoxy) is 1. The second kappa shape index (κ2) is 5.73. The second-order valence-corrected chi connectivity index (χ2v) is 3.71. The number of nitrogens with zero attached hydrogens (tertiary/aromatic N) is 1. The van der Waals surface area contributed by atoms with E-state index in [1.54, 1.807) is 13.2 Å². The van der Waals surface area contributed by atoms with Crippen LogP contribution in [0.4, 0.5) is 0 Å². The highest BCUT2D eigenvalue weighted by molar-refractivity contribution is 5.34. The molecule has 0 aliphatic rings. The molecule has 15 heavy (non-hydrogen) atoms. The van der Waals surface area contributed by atoms with E-state index in [1.807, 2.05) is 25.2 Å². The SMILES string of the molecule is COCCN(C)C(C)c1ccccc1O. The molecular weight excluding hydrogens is 190 g/mol. The molecule has 0 heterocycles. The average molecular weight is 209 g/mol. The fraction of sp³-hybridized carbons (Fsp3) is 0.500. The number of rotatable bonds is 5. The van der Waals surface area contributed by atoms with Crippen LogP contribution in [0, 0.1) is 0 Å². The summed E-state index contributed by atoms with van der Waals surface area (Å²) in [5.74, 6) is 0.356. The molecule has 0 saturated heterocycles. The highest BCUT2D eigenvalue weighted by Gasteiger charge is 2.13. The van der Waals surface area contributed by atoms with Crippen LogP contribution >= 0.6 is 0 Å². The van der Waals surface area contributed by atoms with Crippen LogP contribution < -0.4 is 0 Å². The van der Waals surface area contributed by atoms with Crippen LogP contribution in [0.2, 0.25) is 0 Å². The van der Waals surface area contributed by atoms with E-state index in [4.69, 9.17) is 4.74 Å². The number of likely N-dealkylation sites (N-methyl/N-ethyl adjacent to an activating group) is 1. The predicted octanol–water partition coefficient (Wildman–Crippen LogP) is 2.03. The molecule has 0 fully saturated rings. The summed E-state index contributed by atoms with van der Waals surface area (Å²) >= 11 is 0. The first-order valence-electron chi connectivity index (χ1n) is 5.14. The molecule has 1 aromatic carbocycles. The molecule has 1 aromatic rings. The third-order valence-corrected chi connectivity index (χ3v) is 2.70. The maximum atomic E-state index is 9.70. The quantitative estimate of drug-likeness (QED) is 0.805. The van der Waals surface area contributed by atoms with E-state index < -0.39 is 0 Å². The first-order chi connectivity index (χ1) is 7.16. The molecule has 1 rings (SSSR count). The lowest BCUT2D eigenvalue weighted by atomic mass is 10.1. The first kappa shape index (κ1) is 12.0. The van der Waals surface area contributed by atoms with Crippen LogP contribution in [0.3, 0.4) is 0 Å². The molecule has 0 radical (unpaired) electrons. The Morgan fingerprint density at radius 1 is 1.40 bits per heavy atom. The smallest absolute Gasteiger partial charge is 0.120 e. The molecule has 1 atom stereocenters. The van der Waals surface area contributed by atoms with Gasteiger partial charge in [0.15, 0.2) is 0 Å². The molecule has 0 amide bonds. The largest absolute Gasteiger partial charge is 0.508 e. The van der Waals surface area contributed by atoms with Gasteiger partial charge in [0.25, 0.3) is 0 Å². The fourth-order valence-corrected chi connectivity index (χ4v) is 1.51. The molecule has 0 saturated carbocycles. The zero-order chi connectivity index (χ0) is 11.3. The van der Waals surface area contributed by atoms with Crippen molar-refractivity contribution in [2.24, 2.45) is 0 Å². The summed E-state index contributed by atoms with van der Waals surface area (Å²) in [6.07, 6.45) is 0. The molecule has 3 nitrogen and oxygen atoms in total. The Labute approximate surface area is 91.3 Å². The van der Waals surface area contributed by atoms with Gasteiger partial charge < -0.3 is 9.84 Å². The van der Waals surface area contributed by atoms with Crippen molar-refractivity contribution in [3.63, 3.8) is 0 Å². The molecule has 0 aliphatic carbocycles. The van der Waals surface area contributed by atoms with Gasteiger partial charge >= 0.3 is 0 Å². The third kappa shape index (κ3) is 3.22. The minimum atomic E-state index is 0.196. The number of aromatic hydroxyl groups is 1. The highest BCUT2D eigenvalue weighted by atomic mass is 16.5. The number of hydrogen-bond acceptors (Lipinski definition) is 3. The van der Waals surface area contributed by atoms with E-state index in [0.717, 1.165) is 12.1 Å². The van der Waals surface area contributed by atoms with E-state index in [0.29, 0.717) is 12.4 Å². The topological polar surface area (TPSA) is 32.7 Å². The molecule has 84 valence electrons. The van der Waals surface area contributed by atoms with Crippen LogP contribution in [0.1, 0.15) is 18.5 Å². The Morgan fingerprint density at radius 2 is 2.07 bits per heavy atom. The summed E-state index contributed by atoms with van der Waals surface area (Å²) in [6.45, 7) is 3.63. The molecule has 0 aliphatic heterocycles. The summed E-state index contributed by atoms with van der Waals surface area (Å²) in [4.78, 5) is 2.15. The predicted molar refractivity (Wildman–Crippen MR) is 61.0 cm³/mol. The van der Waals surface area contributed by atoms with Crippen molar-refractivity contribution >= 4 is 0 Å². The van der Waals surface area contributed by atoms with Gasteiger partial charge in [0.05, 0.1) is 6.61 Å². The monoisotopic (exact) mass is 209 g/mol. The van der Waals surface area contributed by atoms with E-state index in [2.05, 4.69) is 11.8 Å². The van der Waals surface area contributed by atoms with Gasteiger partial charge in [-0.15, -0.1) is 0 Å². The van der Waals surface area contributed by atoms with Crippen molar-refractivity contribution in [1.29, 1.82) is 0 Å². The fourth-order valence-electron chi connectivity index (χ4n) is 1.51. The van der Waals surface area contributed by atoms with Gasteiger partial charge in [0, 0.05) is 25.3 Å². The minimum absolute atomic E-state index is 0.196. The van der Waals surface area contributed by atoms with Crippen LogP contribution in [0.5, 0.6) is 5.75 Å². The lowest BCUT2D eigenvalue weighted by Crippen LogP contribution is -2.26. The number of hydrogen-bond donors (Lipinski definition) is 1. The summed E-state index contributed by atoms with van der Waals surface area (Å²) in [6, 6.07) is 7.64. The van der Waals surface area contributed by atoms with E-state index in [9.17, 15) is 5.11 Å². The van der Waals surface area contributed by atoms with Crippen molar-refractivity contribution in [3.8, 4) is 5.75 Å². The van der Waals surface area contributed by atoms with Gasteiger partial charge in [0.1, 0.15) is 5.75 Å². The van der Waals surface area contributed by atoms with Gasteiger partial charge in [-0.05, 0) is 20.0 Å².